The minimum absolute atomic E-state index is 0.0188. The van der Waals surface area contributed by atoms with Gasteiger partial charge in [0, 0.05) is 12.3 Å². The van der Waals surface area contributed by atoms with E-state index in [1.54, 1.807) is 12.4 Å². The number of nitrogens with zero attached hydrogens (tertiary/aromatic N) is 2. The Hall–Kier alpha value is -2.18. The van der Waals surface area contributed by atoms with Crippen LogP contribution in [0.5, 0.6) is 11.5 Å². The number of rotatable bonds is 10. The summed E-state index contributed by atoms with van der Waals surface area (Å²) in [4.78, 5) is 14.8. The molecule has 0 aromatic heterocycles. The number of hydrogen-bond donors (Lipinski definition) is 2. The van der Waals surface area contributed by atoms with Crippen molar-refractivity contribution < 1.29 is 27.5 Å². The highest BCUT2D eigenvalue weighted by Crippen LogP contribution is 2.29. The lowest BCUT2D eigenvalue weighted by Crippen LogP contribution is -2.51. The zero-order chi connectivity index (χ0) is 25.6. The van der Waals surface area contributed by atoms with E-state index in [1.165, 1.54) is 67.3 Å². The van der Waals surface area contributed by atoms with Crippen LogP contribution < -0.4 is 10.2 Å². The summed E-state index contributed by atoms with van der Waals surface area (Å²) in [5.41, 5.74) is 1.62. The predicted octanol–water partition coefficient (Wildman–Crippen LogP) is 3.58. The van der Waals surface area contributed by atoms with E-state index in [2.05, 4.69) is 11.9 Å². The van der Waals surface area contributed by atoms with Crippen molar-refractivity contribution in [1.82, 2.24) is 14.7 Å². The Morgan fingerprint density at radius 2 is 1.71 bits per heavy atom. The van der Waals surface area contributed by atoms with E-state index in [0.29, 0.717) is 17.4 Å². The van der Waals surface area contributed by atoms with E-state index in [-0.39, 0.29) is 16.0 Å². The quantitative estimate of drug-likeness (QED) is 0.361. The van der Waals surface area contributed by atoms with Gasteiger partial charge in [-0.15, -0.1) is 0 Å². The Bertz CT molecular complexity index is 1080. The molecule has 1 saturated heterocycles. The molecule has 8 nitrogen and oxygen atoms in total. The molecule has 0 aliphatic carbocycles. The monoisotopic (exact) mass is 525 g/mol. The van der Waals surface area contributed by atoms with Gasteiger partial charge in [-0.05, 0) is 93.2 Å². The standard InChI is InChI=1S/C24H32FN3O5S2/c1-17(34-16-18-12-14-27(2)15-13-18)23(24(29)26-30)28(3)35(31,32)22-10-8-21(9-11-22)33-20-6-4-19(25)5-7-20/h4-11,17-18,23,30H,12-16H2,1-3H3,(H,26,29)/t17-,23?/m1/s1. The number of likely N-dealkylation sites (tertiary alicyclic amines) is 1. The van der Waals surface area contributed by atoms with Crippen LogP contribution in [0.2, 0.25) is 0 Å². The zero-order valence-corrected chi connectivity index (χ0v) is 21.7. The second-order valence-electron chi connectivity index (χ2n) is 8.75. The van der Waals surface area contributed by atoms with Gasteiger partial charge >= 0.3 is 0 Å². The zero-order valence-electron chi connectivity index (χ0n) is 20.1. The summed E-state index contributed by atoms with van der Waals surface area (Å²) >= 11 is 1.54. The van der Waals surface area contributed by atoms with Crippen LogP contribution in [0.25, 0.3) is 0 Å². The SMILES string of the molecule is C[C@@H](SCC1CCN(C)CC1)C(C(=O)NO)N(C)S(=O)(=O)c1ccc(Oc2ccc(F)cc2)cc1. The Balaban J connectivity index is 1.70. The number of carbonyl (C=O) groups excluding carboxylic acids is 1. The third-order valence-electron chi connectivity index (χ3n) is 6.20. The highest BCUT2D eigenvalue weighted by Gasteiger charge is 2.37. The lowest BCUT2D eigenvalue weighted by atomic mass is 10.00. The molecule has 3 rings (SSSR count). The number of hydrogen-bond acceptors (Lipinski definition) is 7. The molecule has 1 fully saturated rings. The second kappa shape index (κ2) is 12.2. The molecule has 1 amide bonds. The molecule has 35 heavy (non-hydrogen) atoms. The maximum absolute atomic E-state index is 13.3. The molecule has 2 N–H and O–H groups in total. The van der Waals surface area contributed by atoms with Crippen LogP contribution in [0, 0.1) is 11.7 Å². The summed E-state index contributed by atoms with van der Waals surface area (Å²) < 4.78 is 46.3. The molecule has 1 aliphatic heterocycles. The van der Waals surface area contributed by atoms with Crippen molar-refractivity contribution in [1.29, 1.82) is 0 Å². The highest BCUT2D eigenvalue weighted by atomic mass is 32.2. The largest absolute Gasteiger partial charge is 0.457 e. The van der Waals surface area contributed by atoms with Gasteiger partial charge in [0.25, 0.3) is 5.91 Å². The first-order chi connectivity index (χ1) is 16.6. The van der Waals surface area contributed by atoms with E-state index in [4.69, 9.17) is 4.74 Å². The van der Waals surface area contributed by atoms with Gasteiger partial charge in [0.1, 0.15) is 23.4 Å². The van der Waals surface area contributed by atoms with Gasteiger partial charge in [-0.3, -0.25) is 10.0 Å². The van der Waals surface area contributed by atoms with Gasteiger partial charge in [0.05, 0.1) is 4.90 Å². The minimum Gasteiger partial charge on any atom is -0.457 e. The highest BCUT2D eigenvalue weighted by molar-refractivity contribution is 8.00. The number of amides is 1. The van der Waals surface area contributed by atoms with E-state index in [1.807, 2.05) is 0 Å². The molecule has 0 radical (unpaired) electrons. The van der Waals surface area contributed by atoms with E-state index in [0.717, 1.165) is 36.0 Å². The number of sulfonamides is 1. The maximum atomic E-state index is 13.3. The van der Waals surface area contributed by atoms with Gasteiger partial charge in [0.15, 0.2) is 0 Å². The molecule has 0 spiro atoms. The average molecular weight is 526 g/mol. The summed E-state index contributed by atoms with van der Waals surface area (Å²) in [7, 11) is -0.618. The minimum atomic E-state index is -4.05. The third kappa shape index (κ3) is 7.17. The number of nitrogens with one attached hydrogen (secondary N) is 1. The third-order valence-corrected chi connectivity index (χ3v) is 9.50. The lowest BCUT2D eigenvalue weighted by Gasteiger charge is -2.32. The molecule has 1 heterocycles. The van der Waals surface area contributed by atoms with Crippen molar-refractivity contribution in [3.05, 3.63) is 54.3 Å². The first kappa shape index (κ1) is 27.4. The molecule has 2 aromatic rings. The van der Waals surface area contributed by atoms with Crippen LogP contribution in [0.15, 0.2) is 53.4 Å². The smallest absolute Gasteiger partial charge is 0.262 e. The van der Waals surface area contributed by atoms with Crippen molar-refractivity contribution in [2.24, 2.45) is 5.92 Å². The Morgan fingerprint density at radius 1 is 1.17 bits per heavy atom. The van der Waals surface area contributed by atoms with Crippen molar-refractivity contribution in [3.8, 4) is 11.5 Å². The van der Waals surface area contributed by atoms with Crippen LogP contribution in [-0.4, -0.2) is 73.0 Å². The van der Waals surface area contributed by atoms with Crippen molar-refractivity contribution >= 4 is 27.7 Å². The van der Waals surface area contributed by atoms with Gasteiger partial charge in [-0.2, -0.15) is 16.1 Å². The normalized spacial score (nSPS) is 17.2. The van der Waals surface area contributed by atoms with E-state index in [9.17, 15) is 22.8 Å². The number of hydroxylamine groups is 1. The average Bonchev–Trinajstić information content (AvgIpc) is 2.85. The molecule has 1 unspecified atom stereocenters. The molecule has 192 valence electrons. The van der Waals surface area contributed by atoms with Crippen molar-refractivity contribution in [3.63, 3.8) is 0 Å². The number of halogens is 1. The Labute approximate surface area is 210 Å². The van der Waals surface area contributed by atoms with Crippen molar-refractivity contribution in [2.45, 2.75) is 36.0 Å². The molecule has 11 heteroatoms. The Kier molecular flexibility index (Phi) is 9.54. The number of benzene rings is 2. The molecule has 1 aliphatic rings. The number of carbonyl (C=O) groups is 1. The van der Waals surface area contributed by atoms with Gasteiger partial charge in [-0.1, -0.05) is 6.92 Å². The summed E-state index contributed by atoms with van der Waals surface area (Å²) in [6.45, 7) is 3.84. The summed E-state index contributed by atoms with van der Waals surface area (Å²) in [5.74, 6) is 0.942. The van der Waals surface area contributed by atoms with Crippen LogP contribution in [-0.2, 0) is 14.8 Å². The fourth-order valence-electron chi connectivity index (χ4n) is 3.98. The molecular weight excluding hydrogens is 493 g/mol. The fraction of sp³-hybridized carbons (Fsp3) is 0.458. The Morgan fingerprint density at radius 3 is 2.26 bits per heavy atom. The van der Waals surface area contributed by atoms with E-state index < -0.39 is 22.0 Å². The molecular formula is C24H32FN3O5S2. The van der Waals surface area contributed by atoms with Crippen molar-refractivity contribution in [2.75, 3.05) is 32.9 Å². The number of ether oxygens (including phenoxy) is 1. The number of thioether (sulfide) groups is 1. The topological polar surface area (TPSA) is 99.2 Å². The fourth-order valence-corrected chi connectivity index (χ4v) is 6.85. The molecule has 0 saturated carbocycles. The van der Waals surface area contributed by atoms with Gasteiger partial charge < -0.3 is 9.64 Å². The van der Waals surface area contributed by atoms with E-state index >= 15 is 0 Å². The van der Waals surface area contributed by atoms with Crippen LogP contribution >= 0.6 is 11.8 Å². The van der Waals surface area contributed by atoms with Crippen LogP contribution in [0.4, 0.5) is 4.39 Å². The number of likely N-dealkylation sites (N-methyl/N-ethyl adjacent to an activating group) is 1. The van der Waals surface area contributed by atoms with Crippen LogP contribution in [0.3, 0.4) is 0 Å². The van der Waals surface area contributed by atoms with Gasteiger partial charge in [-0.25, -0.2) is 18.3 Å². The summed E-state index contributed by atoms with van der Waals surface area (Å²) in [6, 6.07) is 10.1. The first-order valence-corrected chi connectivity index (χ1v) is 13.9. The number of piperidine rings is 1. The molecule has 2 atom stereocenters. The molecule has 2 aromatic carbocycles. The van der Waals surface area contributed by atoms with Crippen LogP contribution in [0.1, 0.15) is 19.8 Å². The first-order valence-electron chi connectivity index (χ1n) is 11.4. The molecule has 0 bridgehead atoms. The lowest BCUT2D eigenvalue weighted by molar-refractivity contribution is -0.132. The second-order valence-corrected chi connectivity index (χ2v) is 12.2. The summed E-state index contributed by atoms with van der Waals surface area (Å²) in [6.07, 6.45) is 2.13. The van der Waals surface area contributed by atoms with Gasteiger partial charge in [0.2, 0.25) is 10.0 Å². The summed E-state index contributed by atoms with van der Waals surface area (Å²) in [5, 5.41) is 8.92. The maximum Gasteiger partial charge on any atom is 0.262 e. The predicted molar refractivity (Wildman–Crippen MR) is 134 cm³/mol.